The van der Waals surface area contributed by atoms with Crippen molar-refractivity contribution in [1.29, 1.82) is 0 Å². The molecule has 4 bridgehead atoms. The van der Waals surface area contributed by atoms with Crippen LogP contribution in [0.1, 0.15) is 65.7 Å². The van der Waals surface area contributed by atoms with Gasteiger partial charge in [0, 0.05) is 12.0 Å². The first kappa shape index (κ1) is 12.5. The van der Waals surface area contributed by atoms with Crippen molar-refractivity contribution in [1.82, 2.24) is 5.32 Å². The van der Waals surface area contributed by atoms with Crippen LogP contribution in [0.15, 0.2) is 0 Å². The molecule has 0 atom stereocenters. The molecular weight excluding hydrogens is 222 g/mol. The molecule has 1 N–H and O–H groups in total. The lowest BCUT2D eigenvalue weighted by molar-refractivity contribution is -0.130. The Labute approximate surface area is 111 Å². The fourth-order valence-electron chi connectivity index (χ4n) is 5.31. The molecule has 0 saturated heterocycles. The van der Waals surface area contributed by atoms with Gasteiger partial charge in [0.1, 0.15) is 0 Å². The maximum atomic E-state index is 12.2. The highest BCUT2D eigenvalue weighted by Gasteiger charge is 2.51. The van der Waals surface area contributed by atoms with Crippen molar-refractivity contribution < 1.29 is 4.79 Å². The van der Waals surface area contributed by atoms with E-state index in [4.69, 9.17) is 0 Å². The molecule has 4 aliphatic rings. The van der Waals surface area contributed by atoms with Crippen molar-refractivity contribution in [3.63, 3.8) is 0 Å². The summed E-state index contributed by atoms with van der Waals surface area (Å²) in [6.07, 6.45) is 9.15. The third-order valence-corrected chi connectivity index (χ3v) is 5.22. The fraction of sp³-hybridized carbons (Fsp3) is 0.938. The van der Waals surface area contributed by atoms with E-state index in [1.54, 1.807) is 0 Å². The fourth-order valence-corrected chi connectivity index (χ4v) is 5.31. The van der Waals surface area contributed by atoms with E-state index in [0.717, 1.165) is 24.2 Å². The Morgan fingerprint density at radius 1 is 1.06 bits per heavy atom. The summed E-state index contributed by atoms with van der Waals surface area (Å²) in [5, 5.41) is 3.16. The SMILES string of the molecule is CC(C)(C)NC(=O)CC12CC3CC(CC(C3)C1)C2. The van der Waals surface area contributed by atoms with Gasteiger partial charge in [0.15, 0.2) is 0 Å². The van der Waals surface area contributed by atoms with E-state index in [-0.39, 0.29) is 11.4 Å². The maximum Gasteiger partial charge on any atom is 0.220 e. The first-order valence-corrected chi connectivity index (χ1v) is 7.65. The quantitative estimate of drug-likeness (QED) is 0.797. The lowest BCUT2D eigenvalue weighted by Gasteiger charge is -2.56. The summed E-state index contributed by atoms with van der Waals surface area (Å²) < 4.78 is 0. The molecule has 0 aliphatic heterocycles. The minimum absolute atomic E-state index is 0.0840. The average molecular weight is 249 g/mol. The summed E-state index contributed by atoms with van der Waals surface area (Å²) in [6, 6.07) is 0. The topological polar surface area (TPSA) is 29.1 Å². The van der Waals surface area contributed by atoms with Gasteiger partial charge in [0.05, 0.1) is 0 Å². The van der Waals surface area contributed by atoms with Crippen LogP contribution in [-0.2, 0) is 4.79 Å². The highest BCUT2D eigenvalue weighted by atomic mass is 16.1. The summed E-state index contributed by atoms with van der Waals surface area (Å²) >= 11 is 0. The zero-order chi connectivity index (χ0) is 13.0. The van der Waals surface area contributed by atoms with Gasteiger partial charge in [0.2, 0.25) is 5.91 Å². The van der Waals surface area contributed by atoms with Crippen molar-refractivity contribution in [2.75, 3.05) is 0 Å². The van der Waals surface area contributed by atoms with Crippen molar-refractivity contribution in [2.24, 2.45) is 23.2 Å². The average Bonchev–Trinajstić information content (AvgIpc) is 2.09. The van der Waals surface area contributed by atoms with Gasteiger partial charge in [-0.05, 0) is 82.5 Å². The van der Waals surface area contributed by atoms with E-state index >= 15 is 0 Å². The smallest absolute Gasteiger partial charge is 0.220 e. The second-order valence-corrected chi connectivity index (χ2v) is 8.39. The van der Waals surface area contributed by atoms with Crippen molar-refractivity contribution in [2.45, 2.75) is 71.3 Å². The number of nitrogens with one attached hydrogen (secondary N) is 1. The molecular formula is C16H27NO. The van der Waals surface area contributed by atoms with Crippen molar-refractivity contribution in [3.8, 4) is 0 Å². The third-order valence-electron chi connectivity index (χ3n) is 5.22. The van der Waals surface area contributed by atoms with Crippen molar-refractivity contribution >= 4 is 5.91 Å². The molecule has 0 radical (unpaired) electrons. The molecule has 2 heteroatoms. The zero-order valence-corrected chi connectivity index (χ0v) is 12.1. The molecule has 0 heterocycles. The van der Waals surface area contributed by atoms with Gasteiger partial charge < -0.3 is 5.32 Å². The van der Waals surface area contributed by atoms with Crippen LogP contribution in [0.5, 0.6) is 0 Å². The molecule has 4 aliphatic carbocycles. The van der Waals surface area contributed by atoms with Crippen LogP contribution < -0.4 is 5.32 Å². The molecule has 2 nitrogen and oxygen atoms in total. The largest absolute Gasteiger partial charge is 0.351 e. The Balaban J connectivity index is 1.67. The summed E-state index contributed by atoms with van der Waals surface area (Å²) in [4.78, 5) is 12.2. The number of hydrogen-bond acceptors (Lipinski definition) is 1. The molecule has 0 aromatic heterocycles. The van der Waals surface area contributed by atoms with E-state index in [0.29, 0.717) is 5.41 Å². The molecule has 0 spiro atoms. The zero-order valence-electron chi connectivity index (χ0n) is 12.1. The van der Waals surface area contributed by atoms with E-state index in [1.807, 2.05) is 0 Å². The van der Waals surface area contributed by atoms with E-state index in [1.165, 1.54) is 38.5 Å². The van der Waals surface area contributed by atoms with Gasteiger partial charge in [-0.1, -0.05) is 0 Å². The van der Waals surface area contributed by atoms with Crippen LogP contribution in [-0.4, -0.2) is 11.4 Å². The lowest BCUT2D eigenvalue weighted by atomic mass is 9.49. The van der Waals surface area contributed by atoms with Gasteiger partial charge in [-0.25, -0.2) is 0 Å². The normalized spacial score (nSPS) is 42.1. The highest BCUT2D eigenvalue weighted by molar-refractivity contribution is 5.77. The predicted molar refractivity (Wildman–Crippen MR) is 73.1 cm³/mol. The summed E-state index contributed by atoms with van der Waals surface area (Å²) in [6.45, 7) is 6.22. The van der Waals surface area contributed by atoms with Crippen molar-refractivity contribution in [3.05, 3.63) is 0 Å². The number of rotatable bonds is 2. The van der Waals surface area contributed by atoms with Crippen LogP contribution in [0.2, 0.25) is 0 Å². The van der Waals surface area contributed by atoms with Crippen LogP contribution in [0.25, 0.3) is 0 Å². The monoisotopic (exact) mass is 249 g/mol. The molecule has 1 amide bonds. The van der Waals surface area contributed by atoms with Gasteiger partial charge in [-0.3, -0.25) is 4.79 Å². The summed E-state index contributed by atoms with van der Waals surface area (Å²) in [7, 11) is 0. The van der Waals surface area contributed by atoms with Gasteiger partial charge in [-0.2, -0.15) is 0 Å². The Kier molecular flexibility index (Phi) is 2.76. The van der Waals surface area contributed by atoms with Gasteiger partial charge >= 0.3 is 0 Å². The minimum Gasteiger partial charge on any atom is -0.351 e. The van der Waals surface area contributed by atoms with Crippen LogP contribution in [0, 0.1) is 23.2 Å². The number of carbonyl (C=O) groups is 1. The second kappa shape index (κ2) is 3.98. The predicted octanol–water partition coefficient (Wildman–Crippen LogP) is 3.51. The Morgan fingerprint density at radius 3 is 1.89 bits per heavy atom. The van der Waals surface area contributed by atoms with E-state index in [2.05, 4.69) is 26.1 Å². The minimum atomic E-state index is -0.0840. The molecule has 4 fully saturated rings. The number of carbonyl (C=O) groups excluding carboxylic acids is 1. The molecule has 0 unspecified atom stereocenters. The van der Waals surface area contributed by atoms with Crippen LogP contribution >= 0.6 is 0 Å². The molecule has 0 aromatic rings. The second-order valence-electron chi connectivity index (χ2n) is 8.39. The number of hydrogen-bond donors (Lipinski definition) is 1. The van der Waals surface area contributed by atoms with Crippen LogP contribution in [0.4, 0.5) is 0 Å². The van der Waals surface area contributed by atoms with E-state index in [9.17, 15) is 4.79 Å². The molecule has 4 rings (SSSR count). The molecule has 0 aromatic carbocycles. The Hall–Kier alpha value is -0.530. The molecule has 18 heavy (non-hydrogen) atoms. The number of amides is 1. The van der Waals surface area contributed by atoms with Gasteiger partial charge in [0.25, 0.3) is 0 Å². The maximum absolute atomic E-state index is 12.2. The Bertz CT molecular complexity index is 317. The van der Waals surface area contributed by atoms with E-state index < -0.39 is 0 Å². The molecule has 102 valence electrons. The highest BCUT2D eigenvalue weighted by Crippen LogP contribution is 2.61. The molecule has 4 saturated carbocycles. The summed E-state index contributed by atoms with van der Waals surface area (Å²) in [5.41, 5.74) is 0.295. The van der Waals surface area contributed by atoms with Gasteiger partial charge in [-0.15, -0.1) is 0 Å². The summed E-state index contributed by atoms with van der Waals surface area (Å²) in [5.74, 6) is 3.11. The first-order valence-electron chi connectivity index (χ1n) is 7.65. The third kappa shape index (κ3) is 2.44. The first-order chi connectivity index (χ1) is 8.34. The lowest BCUT2D eigenvalue weighted by Crippen LogP contribution is -2.49. The Morgan fingerprint density at radius 2 is 1.50 bits per heavy atom. The standard InChI is InChI=1S/C16H27NO/c1-15(2,3)17-14(18)10-16-7-11-4-12(8-16)6-13(5-11)9-16/h11-13H,4-10H2,1-3H3,(H,17,18). The van der Waals surface area contributed by atoms with Crippen LogP contribution in [0.3, 0.4) is 0 Å².